The maximum Gasteiger partial charge on any atom is 0.258 e. The van der Waals surface area contributed by atoms with Crippen LogP contribution in [0.1, 0.15) is 28.4 Å². The van der Waals surface area contributed by atoms with Gasteiger partial charge in [-0.2, -0.15) is 9.61 Å². The number of ether oxygens (including phenoxy) is 1. The Balaban J connectivity index is 1.64. The van der Waals surface area contributed by atoms with E-state index in [-0.39, 0.29) is 30.7 Å². The monoisotopic (exact) mass is 353 g/mol. The Bertz CT molecular complexity index is 972. The molecule has 2 N–H and O–H groups in total. The van der Waals surface area contributed by atoms with Crippen LogP contribution in [0, 0.1) is 0 Å². The van der Waals surface area contributed by atoms with Crippen LogP contribution in [0.25, 0.3) is 5.65 Å². The summed E-state index contributed by atoms with van der Waals surface area (Å²) in [6, 6.07) is 8.73. The van der Waals surface area contributed by atoms with Crippen molar-refractivity contribution in [2.45, 2.75) is 18.6 Å². The molecule has 0 spiro atoms. The number of aliphatic hydroxyl groups is 1. The van der Waals surface area contributed by atoms with E-state index in [9.17, 15) is 14.7 Å². The molecular formula is C17H15N5O4. The van der Waals surface area contributed by atoms with Crippen molar-refractivity contribution in [3.63, 3.8) is 0 Å². The van der Waals surface area contributed by atoms with Crippen molar-refractivity contribution < 1.29 is 19.4 Å². The lowest BCUT2D eigenvalue weighted by molar-refractivity contribution is -0.124. The summed E-state index contributed by atoms with van der Waals surface area (Å²) in [5, 5.41) is 16.1. The van der Waals surface area contributed by atoms with Gasteiger partial charge in [0.05, 0.1) is 18.9 Å². The molecule has 0 saturated carbocycles. The molecule has 3 heterocycles. The third kappa shape index (κ3) is 2.83. The molecule has 3 aromatic rings. The molecule has 2 aromatic heterocycles. The number of fused-ring (bicyclic) bond motifs is 1. The van der Waals surface area contributed by atoms with Gasteiger partial charge in [-0.05, 0) is 12.1 Å². The van der Waals surface area contributed by atoms with Gasteiger partial charge in [0.15, 0.2) is 11.4 Å². The lowest BCUT2D eigenvalue weighted by Gasteiger charge is -2.09. The number of amides is 1. The number of nitrogens with one attached hydrogen (secondary N) is 1. The molecule has 132 valence electrons. The molecule has 2 atom stereocenters. The second-order valence-electron chi connectivity index (χ2n) is 5.82. The van der Waals surface area contributed by atoms with Crippen molar-refractivity contribution in [1.82, 2.24) is 19.6 Å². The van der Waals surface area contributed by atoms with Gasteiger partial charge in [0.2, 0.25) is 5.95 Å². The SMILES string of the molecule is O=C(Nc1ncnc2c(C3CC(=O)C(CO)O3)cnn12)c1ccccc1. The maximum absolute atomic E-state index is 12.3. The number of ketones is 1. The summed E-state index contributed by atoms with van der Waals surface area (Å²) in [5.41, 5.74) is 1.52. The van der Waals surface area contributed by atoms with Gasteiger partial charge in [0.25, 0.3) is 5.91 Å². The van der Waals surface area contributed by atoms with E-state index in [1.165, 1.54) is 17.0 Å². The van der Waals surface area contributed by atoms with E-state index in [2.05, 4.69) is 20.4 Å². The average Bonchev–Trinajstić information content (AvgIpc) is 3.26. The van der Waals surface area contributed by atoms with Crippen LogP contribution in [0.5, 0.6) is 0 Å². The van der Waals surface area contributed by atoms with Crippen LogP contribution in [0.2, 0.25) is 0 Å². The van der Waals surface area contributed by atoms with Crippen LogP contribution in [0.4, 0.5) is 5.95 Å². The number of rotatable bonds is 4. The Morgan fingerprint density at radius 2 is 2.12 bits per heavy atom. The fourth-order valence-electron chi connectivity index (χ4n) is 2.87. The molecule has 26 heavy (non-hydrogen) atoms. The van der Waals surface area contributed by atoms with Crippen LogP contribution in [-0.4, -0.2) is 49.1 Å². The highest BCUT2D eigenvalue weighted by Crippen LogP contribution is 2.32. The summed E-state index contributed by atoms with van der Waals surface area (Å²) >= 11 is 0. The van der Waals surface area contributed by atoms with Crippen molar-refractivity contribution in [1.29, 1.82) is 0 Å². The third-order valence-electron chi connectivity index (χ3n) is 4.18. The molecule has 0 aliphatic carbocycles. The predicted molar refractivity (Wildman–Crippen MR) is 89.5 cm³/mol. The van der Waals surface area contributed by atoms with Crippen LogP contribution < -0.4 is 5.32 Å². The van der Waals surface area contributed by atoms with Crippen LogP contribution in [0.3, 0.4) is 0 Å². The topological polar surface area (TPSA) is 119 Å². The number of anilines is 1. The summed E-state index contributed by atoms with van der Waals surface area (Å²) in [5.74, 6) is -0.281. The first kappa shape index (κ1) is 16.3. The molecule has 1 aromatic carbocycles. The number of hydrogen-bond donors (Lipinski definition) is 2. The number of aliphatic hydroxyl groups excluding tert-OH is 1. The Labute approximate surface area is 147 Å². The predicted octanol–water partition coefficient (Wildman–Crippen LogP) is 0.768. The largest absolute Gasteiger partial charge is 0.393 e. The van der Waals surface area contributed by atoms with E-state index in [0.29, 0.717) is 16.8 Å². The summed E-state index contributed by atoms with van der Waals surface area (Å²) in [7, 11) is 0. The van der Waals surface area contributed by atoms with Gasteiger partial charge < -0.3 is 9.84 Å². The summed E-state index contributed by atoms with van der Waals surface area (Å²) in [6.07, 6.45) is 1.61. The lowest BCUT2D eigenvalue weighted by atomic mass is 10.1. The molecule has 9 nitrogen and oxygen atoms in total. The van der Waals surface area contributed by atoms with Crippen molar-refractivity contribution in [2.75, 3.05) is 11.9 Å². The standard InChI is InChI=1S/C17H15N5O4/c23-8-14-12(24)6-13(26-14)11-7-20-22-15(11)18-9-19-17(22)21-16(25)10-4-2-1-3-5-10/h1-5,7,9,13-14,23H,6,8H2,(H,18,19,21,25). The minimum absolute atomic E-state index is 0.141. The summed E-state index contributed by atoms with van der Waals surface area (Å²) in [4.78, 5) is 32.4. The summed E-state index contributed by atoms with van der Waals surface area (Å²) < 4.78 is 6.95. The van der Waals surface area contributed by atoms with Gasteiger partial charge in [-0.3, -0.25) is 14.9 Å². The van der Waals surface area contributed by atoms with Gasteiger partial charge in [0.1, 0.15) is 12.4 Å². The number of hydrogen-bond acceptors (Lipinski definition) is 7. The number of Topliss-reactive ketones (excluding diaryl/α,β-unsaturated/α-hetero) is 1. The normalized spacial score (nSPS) is 19.8. The van der Waals surface area contributed by atoms with Gasteiger partial charge in [-0.15, -0.1) is 0 Å². The molecule has 1 amide bonds. The second-order valence-corrected chi connectivity index (χ2v) is 5.82. The first-order chi connectivity index (χ1) is 12.7. The van der Waals surface area contributed by atoms with Crippen molar-refractivity contribution in [3.8, 4) is 0 Å². The van der Waals surface area contributed by atoms with Crippen molar-refractivity contribution >= 4 is 23.3 Å². The number of aromatic nitrogens is 4. The molecule has 9 heteroatoms. The quantitative estimate of drug-likeness (QED) is 0.711. The molecule has 1 fully saturated rings. The Hall–Kier alpha value is -3.17. The van der Waals surface area contributed by atoms with E-state index < -0.39 is 12.2 Å². The first-order valence-corrected chi connectivity index (χ1v) is 8.01. The highest BCUT2D eigenvalue weighted by Gasteiger charge is 2.35. The average molecular weight is 353 g/mol. The van der Waals surface area contributed by atoms with Gasteiger partial charge >= 0.3 is 0 Å². The maximum atomic E-state index is 12.3. The Morgan fingerprint density at radius 1 is 1.31 bits per heavy atom. The number of benzene rings is 1. The fraction of sp³-hybridized carbons (Fsp3) is 0.235. The smallest absolute Gasteiger partial charge is 0.258 e. The number of carbonyl (C=O) groups excluding carboxylic acids is 2. The molecule has 4 rings (SSSR count). The van der Waals surface area contributed by atoms with E-state index in [1.54, 1.807) is 24.3 Å². The first-order valence-electron chi connectivity index (χ1n) is 8.01. The Kier molecular flexibility index (Phi) is 4.15. The van der Waals surface area contributed by atoms with Gasteiger partial charge in [-0.25, -0.2) is 9.97 Å². The van der Waals surface area contributed by atoms with Gasteiger partial charge in [-0.1, -0.05) is 18.2 Å². The van der Waals surface area contributed by atoms with E-state index in [4.69, 9.17) is 4.74 Å². The highest BCUT2D eigenvalue weighted by molar-refractivity contribution is 6.03. The van der Waals surface area contributed by atoms with Crippen LogP contribution >= 0.6 is 0 Å². The second kappa shape index (κ2) is 6.62. The van der Waals surface area contributed by atoms with Crippen LogP contribution in [0.15, 0.2) is 42.9 Å². The van der Waals surface area contributed by atoms with E-state index in [1.807, 2.05) is 6.07 Å². The zero-order valence-corrected chi connectivity index (χ0v) is 13.6. The van der Waals surface area contributed by atoms with Crippen molar-refractivity contribution in [2.24, 2.45) is 0 Å². The minimum Gasteiger partial charge on any atom is -0.393 e. The number of nitrogens with zero attached hydrogens (tertiary/aromatic N) is 4. The van der Waals surface area contributed by atoms with Crippen LogP contribution in [-0.2, 0) is 9.53 Å². The minimum atomic E-state index is -0.825. The Morgan fingerprint density at radius 3 is 2.85 bits per heavy atom. The highest BCUT2D eigenvalue weighted by atomic mass is 16.5. The molecule has 1 aliphatic heterocycles. The van der Waals surface area contributed by atoms with E-state index >= 15 is 0 Å². The van der Waals surface area contributed by atoms with Gasteiger partial charge in [0, 0.05) is 17.5 Å². The molecule has 2 unspecified atom stereocenters. The third-order valence-corrected chi connectivity index (χ3v) is 4.18. The molecule has 0 bridgehead atoms. The molecule has 0 radical (unpaired) electrons. The number of carbonyl (C=O) groups is 2. The molecule has 1 aliphatic rings. The van der Waals surface area contributed by atoms with Crippen molar-refractivity contribution in [3.05, 3.63) is 54.0 Å². The molecule has 1 saturated heterocycles. The zero-order valence-electron chi connectivity index (χ0n) is 13.6. The molecular weight excluding hydrogens is 338 g/mol. The summed E-state index contributed by atoms with van der Waals surface area (Å²) in [6.45, 7) is -0.359. The lowest BCUT2D eigenvalue weighted by Crippen LogP contribution is -2.19. The van der Waals surface area contributed by atoms with E-state index in [0.717, 1.165) is 0 Å². The zero-order chi connectivity index (χ0) is 18.1. The fourth-order valence-corrected chi connectivity index (χ4v) is 2.87.